The third kappa shape index (κ3) is 2.29. The van der Waals surface area contributed by atoms with E-state index in [0.717, 1.165) is 4.80 Å². The summed E-state index contributed by atoms with van der Waals surface area (Å²) in [5.74, 6) is -1.11. The molecule has 0 bridgehead atoms. The first-order valence-corrected chi connectivity index (χ1v) is 4.81. The molecule has 9 heteroatoms. The van der Waals surface area contributed by atoms with Crippen molar-refractivity contribution < 1.29 is 14.8 Å². The zero-order valence-electron chi connectivity index (χ0n) is 8.92. The summed E-state index contributed by atoms with van der Waals surface area (Å²) in [6.45, 7) is -0.451. The Morgan fingerprint density at radius 2 is 2.17 bits per heavy atom. The first-order valence-electron chi connectivity index (χ1n) is 4.81. The Balaban J connectivity index is 2.40. The number of carbonyl (C=O) groups is 1. The molecule has 1 aromatic heterocycles. The van der Waals surface area contributed by atoms with E-state index >= 15 is 0 Å². The molecular weight excluding hydrogens is 242 g/mol. The van der Waals surface area contributed by atoms with Crippen molar-refractivity contribution in [2.75, 3.05) is 0 Å². The maximum Gasteiger partial charge on any atom is 0.327 e. The largest absolute Gasteiger partial charge is 0.480 e. The van der Waals surface area contributed by atoms with E-state index in [4.69, 9.17) is 5.11 Å². The maximum absolute atomic E-state index is 10.8. The van der Waals surface area contributed by atoms with E-state index < -0.39 is 17.4 Å². The van der Waals surface area contributed by atoms with Gasteiger partial charge in [0.15, 0.2) is 6.54 Å². The highest BCUT2D eigenvalue weighted by atomic mass is 16.6. The number of carboxylic acid groups (broad SMARTS) is 1. The fraction of sp³-hybridized carbons (Fsp3) is 0.111. The van der Waals surface area contributed by atoms with Crippen molar-refractivity contribution >= 4 is 11.7 Å². The van der Waals surface area contributed by atoms with Crippen LogP contribution in [0, 0.1) is 10.1 Å². The van der Waals surface area contributed by atoms with Gasteiger partial charge in [-0.1, -0.05) is 12.1 Å². The highest BCUT2D eigenvalue weighted by Gasteiger charge is 2.18. The minimum Gasteiger partial charge on any atom is -0.480 e. The van der Waals surface area contributed by atoms with Gasteiger partial charge in [-0.25, -0.2) is 0 Å². The number of hydrogen-bond acceptors (Lipinski definition) is 6. The third-order valence-corrected chi connectivity index (χ3v) is 2.07. The predicted octanol–water partition coefficient (Wildman–Crippen LogP) is 0.333. The van der Waals surface area contributed by atoms with Gasteiger partial charge >= 0.3 is 5.97 Å². The number of aromatic nitrogens is 4. The first kappa shape index (κ1) is 11.6. The minimum atomic E-state index is -1.12. The van der Waals surface area contributed by atoms with Crippen LogP contribution < -0.4 is 0 Å². The van der Waals surface area contributed by atoms with E-state index in [1.807, 2.05) is 0 Å². The summed E-state index contributed by atoms with van der Waals surface area (Å²) in [6, 6.07) is 5.90. The molecule has 18 heavy (non-hydrogen) atoms. The Morgan fingerprint density at radius 1 is 1.44 bits per heavy atom. The summed E-state index contributed by atoms with van der Waals surface area (Å²) in [6.07, 6.45) is 0. The van der Waals surface area contributed by atoms with Crippen molar-refractivity contribution in [1.82, 2.24) is 20.2 Å². The zero-order valence-corrected chi connectivity index (χ0v) is 8.92. The predicted molar refractivity (Wildman–Crippen MR) is 57.5 cm³/mol. The Bertz CT molecular complexity index is 609. The number of rotatable bonds is 4. The summed E-state index contributed by atoms with van der Waals surface area (Å²) in [4.78, 5) is 21.6. The van der Waals surface area contributed by atoms with Gasteiger partial charge in [0.1, 0.15) is 5.56 Å². The average molecular weight is 249 g/mol. The van der Waals surface area contributed by atoms with Crippen molar-refractivity contribution in [2.45, 2.75) is 6.54 Å². The summed E-state index contributed by atoms with van der Waals surface area (Å²) in [5, 5.41) is 30.2. The monoisotopic (exact) mass is 249 g/mol. The van der Waals surface area contributed by atoms with Crippen LogP contribution in [0.25, 0.3) is 11.4 Å². The van der Waals surface area contributed by atoms with Crippen molar-refractivity contribution in [1.29, 1.82) is 0 Å². The lowest BCUT2D eigenvalue weighted by atomic mass is 10.2. The van der Waals surface area contributed by atoms with Crippen molar-refractivity contribution in [3.05, 3.63) is 34.4 Å². The highest BCUT2D eigenvalue weighted by Crippen LogP contribution is 2.25. The number of carboxylic acids is 1. The van der Waals surface area contributed by atoms with Crippen molar-refractivity contribution in [3.63, 3.8) is 0 Å². The SMILES string of the molecule is O=C(O)Cn1nnc(-c2ccccc2[N+](=O)[O-])n1. The van der Waals surface area contributed by atoms with Gasteiger partial charge in [0, 0.05) is 6.07 Å². The summed E-state index contributed by atoms with van der Waals surface area (Å²) >= 11 is 0. The molecule has 1 N–H and O–H groups in total. The molecule has 1 aromatic carbocycles. The maximum atomic E-state index is 10.8. The standard InChI is InChI=1S/C9H7N5O4/c15-8(16)5-13-11-9(10-12-13)6-3-1-2-4-7(6)14(17)18/h1-4H,5H2,(H,15,16). The average Bonchev–Trinajstić information content (AvgIpc) is 2.76. The van der Waals surface area contributed by atoms with Crippen LogP contribution in [0.2, 0.25) is 0 Å². The van der Waals surface area contributed by atoms with Gasteiger partial charge in [-0.05, 0) is 11.3 Å². The summed E-state index contributed by atoms with van der Waals surface area (Å²) in [5.41, 5.74) is 0.0338. The van der Waals surface area contributed by atoms with E-state index in [0.29, 0.717) is 0 Å². The molecule has 0 radical (unpaired) electrons. The summed E-state index contributed by atoms with van der Waals surface area (Å²) < 4.78 is 0. The number of para-hydroxylation sites is 1. The van der Waals surface area contributed by atoms with Crippen molar-refractivity contribution in [2.24, 2.45) is 0 Å². The summed E-state index contributed by atoms with van der Waals surface area (Å²) in [7, 11) is 0. The Kier molecular flexibility index (Phi) is 2.96. The number of benzene rings is 1. The molecule has 0 fully saturated rings. The highest BCUT2D eigenvalue weighted by molar-refractivity contribution is 5.68. The molecule has 0 aliphatic carbocycles. The first-order chi connectivity index (χ1) is 8.58. The molecule has 2 aromatic rings. The number of hydrogen-bond donors (Lipinski definition) is 1. The van der Waals surface area contributed by atoms with Gasteiger partial charge in [0.2, 0.25) is 5.82 Å². The van der Waals surface area contributed by atoms with Crippen LogP contribution in [0.5, 0.6) is 0 Å². The number of tetrazole rings is 1. The molecule has 0 atom stereocenters. The van der Waals surface area contributed by atoms with E-state index in [1.54, 1.807) is 6.07 Å². The fourth-order valence-electron chi connectivity index (χ4n) is 1.36. The number of nitro groups is 1. The van der Waals surface area contributed by atoms with E-state index in [1.165, 1.54) is 18.2 Å². The second kappa shape index (κ2) is 4.57. The molecule has 2 rings (SSSR count). The minimum absolute atomic E-state index is 0.0172. The van der Waals surface area contributed by atoms with Gasteiger partial charge in [0.25, 0.3) is 5.69 Å². The molecular formula is C9H7N5O4. The van der Waals surface area contributed by atoms with Crippen LogP contribution in [-0.2, 0) is 11.3 Å². The lowest BCUT2D eigenvalue weighted by Crippen LogP contribution is -2.11. The Morgan fingerprint density at radius 3 is 2.83 bits per heavy atom. The third-order valence-electron chi connectivity index (χ3n) is 2.07. The van der Waals surface area contributed by atoms with Crippen LogP contribution in [0.15, 0.2) is 24.3 Å². The molecule has 0 unspecified atom stereocenters. The molecule has 9 nitrogen and oxygen atoms in total. The number of nitrogens with zero attached hydrogens (tertiary/aromatic N) is 5. The Hall–Kier alpha value is -2.84. The van der Waals surface area contributed by atoms with E-state index in [2.05, 4.69) is 15.4 Å². The van der Waals surface area contributed by atoms with Gasteiger partial charge in [-0.15, -0.1) is 10.2 Å². The number of nitro benzene ring substituents is 1. The molecule has 0 aliphatic rings. The molecule has 0 saturated carbocycles. The van der Waals surface area contributed by atoms with Gasteiger partial charge in [-0.2, -0.15) is 4.80 Å². The lowest BCUT2D eigenvalue weighted by molar-refractivity contribution is -0.384. The van der Waals surface area contributed by atoms with Gasteiger partial charge in [-0.3, -0.25) is 14.9 Å². The Labute approximate surface area is 99.8 Å². The van der Waals surface area contributed by atoms with Crippen LogP contribution in [0.3, 0.4) is 0 Å². The topological polar surface area (TPSA) is 124 Å². The second-order valence-corrected chi connectivity index (χ2v) is 3.31. The molecule has 0 saturated heterocycles. The van der Waals surface area contributed by atoms with Crippen LogP contribution in [0.4, 0.5) is 5.69 Å². The fourth-order valence-corrected chi connectivity index (χ4v) is 1.36. The quantitative estimate of drug-likeness (QED) is 0.611. The number of aliphatic carboxylic acids is 1. The second-order valence-electron chi connectivity index (χ2n) is 3.31. The van der Waals surface area contributed by atoms with Gasteiger partial charge < -0.3 is 5.11 Å². The molecule has 92 valence electrons. The molecule has 0 amide bonds. The van der Waals surface area contributed by atoms with Crippen LogP contribution in [-0.4, -0.2) is 36.2 Å². The molecule has 1 heterocycles. The molecule has 0 spiro atoms. The van der Waals surface area contributed by atoms with E-state index in [-0.39, 0.29) is 17.1 Å². The van der Waals surface area contributed by atoms with Crippen LogP contribution in [0.1, 0.15) is 0 Å². The zero-order chi connectivity index (χ0) is 13.1. The molecule has 0 aliphatic heterocycles. The lowest BCUT2D eigenvalue weighted by Gasteiger charge is -1.96. The van der Waals surface area contributed by atoms with Gasteiger partial charge in [0.05, 0.1) is 4.92 Å². The van der Waals surface area contributed by atoms with E-state index in [9.17, 15) is 14.9 Å². The van der Waals surface area contributed by atoms with Crippen molar-refractivity contribution in [3.8, 4) is 11.4 Å². The normalized spacial score (nSPS) is 10.2. The smallest absolute Gasteiger partial charge is 0.327 e. The van der Waals surface area contributed by atoms with Crippen LogP contribution >= 0.6 is 0 Å².